The number of hydrogen-bond donors (Lipinski definition) is 0. The summed E-state index contributed by atoms with van der Waals surface area (Å²) in [6.07, 6.45) is 3.86. The van der Waals surface area contributed by atoms with Crippen LogP contribution in [0.5, 0.6) is 0 Å². The summed E-state index contributed by atoms with van der Waals surface area (Å²) in [4.78, 5) is 81.1. The van der Waals surface area contributed by atoms with E-state index in [2.05, 4.69) is 49.0 Å². The third kappa shape index (κ3) is 16.2. The number of ether oxygens (including phenoxy) is 7. The highest BCUT2D eigenvalue weighted by molar-refractivity contribution is 7.73. The quantitative estimate of drug-likeness (QED) is 0.110. The summed E-state index contributed by atoms with van der Waals surface area (Å²) in [5, 5.41) is 2.60. The highest BCUT2D eigenvalue weighted by Gasteiger charge is 2.61. The van der Waals surface area contributed by atoms with E-state index in [9.17, 15) is 33.6 Å². The van der Waals surface area contributed by atoms with Crippen molar-refractivity contribution < 1.29 is 66.7 Å². The minimum Gasteiger partial charge on any atom is -0.469 e. The van der Waals surface area contributed by atoms with Crippen LogP contribution < -0.4 is 10.6 Å². The summed E-state index contributed by atoms with van der Waals surface area (Å²) in [5.41, 5.74) is 0.660. The van der Waals surface area contributed by atoms with Crippen molar-refractivity contribution in [3.63, 3.8) is 0 Å². The lowest BCUT2D eigenvalue weighted by Gasteiger charge is -2.33. The topological polar surface area (TPSA) is 184 Å². The molecule has 0 aromatic heterocycles. The summed E-state index contributed by atoms with van der Waals surface area (Å²) < 4.78 is 33.0. The van der Waals surface area contributed by atoms with Gasteiger partial charge in [0.25, 0.3) is 0 Å². The second kappa shape index (κ2) is 27.2. The zero-order chi connectivity index (χ0) is 44.8. The first kappa shape index (κ1) is 52.3. The Balaban J connectivity index is 0.000000314. The Hall–Kier alpha value is -3.81. The van der Waals surface area contributed by atoms with Gasteiger partial charge in [-0.3, -0.25) is 33.6 Å². The van der Waals surface area contributed by atoms with Crippen LogP contribution in [0.2, 0.25) is 0 Å². The second-order valence-corrected chi connectivity index (χ2v) is 23.1. The van der Waals surface area contributed by atoms with E-state index in [0.717, 1.165) is 12.3 Å². The van der Waals surface area contributed by atoms with Gasteiger partial charge in [-0.05, 0) is 50.1 Å². The molecule has 2 aromatic rings. The van der Waals surface area contributed by atoms with E-state index in [4.69, 9.17) is 14.2 Å². The number of rotatable bonds is 18. The number of fused-ring (bicyclic) bond motifs is 2. The average Bonchev–Trinajstić information content (AvgIpc) is 3.74. The minimum absolute atomic E-state index is 0.139. The van der Waals surface area contributed by atoms with Gasteiger partial charge in [-0.15, -0.1) is 0 Å². The molecule has 0 aliphatic carbocycles. The molecule has 1 saturated heterocycles. The molecule has 0 saturated carbocycles. The molecule has 60 heavy (non-hydrogen) atoms. The van der Waals surface area contributed by atoms with Crippen molar-refractivity contribution in [1.29, 1.82) is 0 Å². The number of methoxy groups -OCH3 is 7. The van der Waals surface area contributed by atoms with Gasteiger partial charge < -0.3 is 33.2 Å². The van der Waals surface area contributed by atoms with Crippen molar-refractivity contribution in [2.24, 2.45) is 11.3 Å². The smallest absolute Gasteiger partial charge is 0.314 e. The second-order valence-electron chi connectivity index (χ2n) is 13.7. The molecule has 14 nitrogen and oxygen atoms in total. The van der Waals surface area contributed by atoms with Gasteiger partial charge in [-0.1, -0.05) is 103 Å². The summed E-state index contributed by atoms with van der Waals surface area (Å²) in [6, 6.07) is 20.8. The van der Waals surface area contributed by atoms with E-state index in [-0.39, 0.29) is 59.5 Å². The number of esters is 7. The Morgan fingerprint density at radius 3 is 1.30 bits per heavy atom. The number of hydrogen-bond acceptors (Lipinski definition) is 14. The Morgan fingerprint density at radius 1 is 0.567 bits per heavy atom. The molecule has 2 aromatic carbocycles. The molecular formula is C42H58O14P4. The lowest BCUT2D eigenvalue weighted by atomic mass is 9.72. The van der Waals surface area contributed by atoms with Crippen molar-refractivity contribution in [2.75, 3.05) is 99.1 Å². The van der Waals surface area contributed by atoms with E-state index in [0.29, 0.717) is 18.7 Å². The van der Waals surface area contributed by atoms with Crippen LogP contribution in [-0.2, 0) is 66.7 Å². The van der Waals surface area contributed by atoms with Crippen LogP contribution in [0.25, 0.3) is 0 Å². The van der Waals surface area contributed by atoms with Crippen LogP contribution in [0.4, 0.5) is 0 Å². The fraction of sp³-hybridized carbons (Fsp3) is 0.500. The van der Waals surface area contributed by atoms with Crippen LogP contribution in [0.3, 0.4) is 0 Å². The maximum Gasteiger partial charge on any atom is 0.314 e. The summed E-state index contributed by atoms with van der Waals surface area (Å²) in [7, 11) is 6.31. The van der Waals surface area contributed by atoms with Crippen molar-refractivity contribution >= 4 is 84.1 Å². The molecule has 2 heterocycles. The normalized spacial score (nSPS) is 18.5. The molecule has 2 aliphatic rings. The van der Waals surface area contributed by atoms with Crippen LogP contribution in [0.1, 0.15) is 20.3 Å². The van der Waals surface area contributed by atoms with Crippen molar-refractivity contribution in [2.45, 2.75) is 25.9 Å². The first-order valence-electron chi connectivity index (χ1n) is 18.9. The zero-order valence-corrected chi connectivity index (χ0v) is 39.5. The fourth-order valence-electron chi connectivity index (χ4n) is 6.54. The van der Waals surface area contributed by atoms with Crippen molar-refractivity contribution in [3.05, 3.63) is 72.1 Å². The zero-order valence-electron chi connectivity index (χ0n) is 35.9. The van der Waals surface area contributed by atoms with Gasteiger partial charge in [0.15, 0.2) is 0 Å². The average molecular weight is 911 g/mol. The van der Waals surface area contributed by atoms with Crippen LogP contribution in [-0.4, -0.2) is 147 Å². The highest BCUT2D eigenvalue weighted by Crippen LogP contribution is 2.70. The molecule has 1 fully saturated rings. The predicted molar refractivity (Wildman–Crippen MR) is 237 cm³/mol. The standard InChI is InChI=1S/C16H17O2P.C14H24O8P2.C12H17O4P/c1-18-16(17)12-13-19(14-8-4-2-5-9-14)15-10-6-3-7-11-15;1-19-11(15)7-23(8-12(16)20-2)5-6-24(9-13(17)21-3)10-14(18)22-4;1-7-5-17-6-12(7,2)8(10(13)15-3)9(17)11(14)16-4/h2-11H,12-13H2,1H3;5-10H2,1-4H3;5,8-9H,6H2,1-4H3. The van der Waals surface area contributed by atoms with Crippen molar-refractivity contribution in [1.82, 2.24) is 0 Å². The van der Waals surface area contributed by atoms with Gasteiger partial charge in [-0.2, -0.15) is 0 Å². The van der Waals surface area contributed by atoms with E-state index in [1.54, 1.807) is 0 Å². The molecule has 0 radical (unpaired) electrons. The van der Waals surface area contributed by atoms with Gasteiger partial charge in [0, 0.05) is 5.41 Å². The number of carbonyl (C=O) groups excluding carboxylic acids is 7. The molecule has 18 heteroatoms. The summed E-state index contributed by atoms with van der Waals surface area (Å²) in [6.45, 7) is 4.08. The number of carbonyl (C=O) groups is 7. The SMILES string of the molecule is COC(=O)C1C(C(=O)OC)C2(C)CP1C=C2C.COC(=O)CCP(c1ccccc1)c1ccccc1.COC(=O)CP(CCP(CC(=O)OC)CC(=O)OC)CC(=O)OC. The predicted octanol–water partition coefficient (Wildman–Crippen LogP) is 5.06. The molecule has 0 spiro atoms. The lowest BCUT2D eigenvalue weighted by Crippen LogP contribution is -2.41. The molecule has 330 valence electrons. The summed E-state index contributed by atoms with van der Waals surface area (Å²) >= 11 is 0. The van der Waals surface area contributed by atoms with E-state index >= 15 is 0 Å². The first-order chi connectivity index (χ1) is 28.6. The lowest BCUT2D eigenvalue weighted by molar-refractivity contribution is -0.154. The Kier molecular flexibility index (Phi) is 23.7. The minimum atomic E-state index is -0.979. The molecule has 0 N–H and O–H groups in total. The summed E-state index contributed by atoms with van der Waals surface area (Å²) in [5.74, 6) is -0.498. The van der Waals surface area contributed by atoms with Gasteiger partial charge in [0.2, 0.25) is 0 Å². The third-order valence-electron chi connectivity index (χ3n) is 9.99. The molecule has 4 unspecified atom stereocenters. The van der Waals surface area contributed by atoms with E-state index in [1.807, 2.05) is 50.2 Å². The molecular weight excluding hydrogens is 852 g/mol. The van der Waals surface area contributed by atoms with E-state index in [1.165, 1.54) is 66.0 Å². The molecule has 2 bridgehead atoms. The Bertz CT molecular complexity index is 1640. The van der Waals surface area contributed by atoms with Gasteiger partial charge in [0.1, 0.15) is 0 Å². The van der Waals surface area contributed by atoms with Crippen molar-refractivity contribution in [3.8, 4) is 0 Å². The maximum absolute atomic E-state index is 11.9. The van der Waals surface area contributed by atoms with Gasteiger partial charge in [-0.25, -0.2) is 0 Å². The van der Waals surface area contributed by atoms with Gasteiger partial charge in [0.05, 0.1) is 92.4 Å². The van der Waals surface area contributed by atoms with Gasteiger partial charge >= 0.3 is 41.8 Å². The maximum atomic E-state index is 11.9. The number of benzene rings is 2. The largest absolute Gasteiger partial charge is 0.469 e. The molecule has 0 amide bonds. The first-order valence-corrected chi connectivity index (χ1v) is 25.9. The highest BCUT2D eigenvalue weighted by atomic mass is 31.1. The van der Waals surface area contributed by atoms with Crippen LogP contribution in [0.15, 0.2) is 72.1 Å². The third-order valence-corrected chi connectivity index (χ3v) is 20.4. The van der Waals surface area contributed by atoms with E-state index < -0.39 is 55.6 Å². The monoisotopic (exact) mass is 910 g/mol. The Morgan fingerprint density at radius 2 is 0.950 bits per heavy atom. The number of allylic oxidation sites excluding steroid dienone is 1. The Labute approximate surface area is 358 Å². The van der Waals surface area contributed by atoms with Crippen LogP contribution >= 0.6 is 31.7 Å². The van der Waals surface area contributed by atoms with Crippen LogP contribution in [0, 0.1) is 11.3 Å². The fourth-order valence-corrected chi connectivity index (χ4v) is 17.6. The molecule has 2 aliphatic heterocycles. The molecule has 4 atom stereocenters. The molecule has 4 rings (SSSR count).